The van der Waals surface area contributed by atoms with Crippen molar-refractivity contribution in [2.45, 2.75) is 13.3 Å². The maximum atomic E-state index is 11.7. The molecule has 0 unspecified atom stereocenters. The minimum absolute atomic E-state index is 0.0589. The lowest BCUT2D eigenvalue weighted by molar-refractivity contribution is -0.119. The molecular formula is C12H16BrNO2. The van der Waals surface area contributed by atoms with Gasteiger partial charge in [-0.2, -0.15) is 0 Å². The Kier molecular flexibility index (Phi) is 4.96. The molecule has 0 spiro atoms. The summed E-state index contributed by atoms with van der Waals surface area (Å²) in [4.78, 5) is 13.4. The number of halogens is 1. The zero-order chi connectivity index (χ0) is 12.1. The van der Waals surface area contributed by atoms with Crippen LogP contribution < -0.4 is 4.90 Å². The molecule has 0 fully saturated rings. The molecule has 88 valence electrons. The minimum atomic E-state index is 0.0589. The summed E-state index contributed by atoms with van der Waals surface area (Å²) in [6.45, 7) is 2.46. The number of hydrogen-bond acceptors (Lipinski definition) is 2. The van der Waals surface area contributed by atoms with E-state index >= 15 is 0 Å². The van der Waals surface area contributed by atoms with Crippen molar-refractivity contribution < 1.29 is 9.53 Å². The number of aryl methyl sites for hydroxylation is 1. The lowest BCUT2D eigenvalue weighted by Crippen LogP contribution is -2.27. The van der Waals surface area contributed by atoms with E-state index in [2.05, 4.69) is 15.9 Å². The average Bonchev–Trinajstić information content (AvgIpc) is 2.28. The molecule has 0 bridgehead atoms. The Morgan fingerprint density at radius 1 is 1.50 bits per heavy atom. The third-order valence-electron chi connectivity index (χ3n) is 2.42. The van der Waals surface area contributed by atoms with Gasteiger partial charge in [0.1, 0.15) is 0 Å². The largest absolute Gasteiger partial charge is 0.384 e. The number of hydrogen-bond donors (Lipinski definition) is 0. The monoisotopic (exact) mass is 285 g/mol. The topological polar surface area (TPSA) is 29.5 Å². The van der Waals surface area contributed by atoms with E-state index in [1.54, 1.807) is 19.1 Å². The number of carbonyl (C=O) groups is 1. The number of nitrogens with zero attached hydrogens (tertiary/aromatic N) is 1. The van der Waals surface area contributed by atoms with E-state index in [1.807, 2.05) is 25.1 Å². The number of carbonyl (C=O) groups excluding carboxylic acids is 1. The molecule has 0 aliphatic heterocycles. The molecule has 0 aliphatic carbocycles. The molecule has 0 radical (unpaired) electrons. The van der Waals surface area contributed by atoms with Crippen LogP contribution in [0, 0.1) is 6.92 Å². The van der Waals surface area contributed by atoms with Crippen LogP contribution >= 0.6 is 15.9 Å². The molecule has 1 amide bonds. The van der Waals surface area contributed by atoms with Crippen molar-refractivity contribution >= 4 is 27.5 Å². The van der Waals surface area contributed by atoms with E-state index in [1.165, 1.54) is 0 Å². The van der Waals surface area contributed by atoms with Crippen LogP contribution in [0.4, 0.5) is 5.69 Å². The summed E-state index contributed by atoms with van der Waals surface area (Å²) in [5.74, 6) is 0.0589. The highest BCUT2D eigenvalue weighted by Crippen LogP contribution is 2.22. The zero-order valence-electron chi connectivity index (χ0n) is 9.79. The van der Waals surface area contributed by atoms with Crippen molar-refractivity contribution in [3.63, 3.8) is 0 Å². The fourth-order valence-electron chi connectivity index (χ4n) is 1.34. The highest BCUT2D eigenvalue weighted by Gasteiger charge is 2.10. The molecule has 0 atom stereocenters. The maximum Gasteiger partial charge on any atom is 0.229 e. The van der Waals surface area contributed by atoms with Gasteiger partial charge in [-0.1, -0.05) is 15.9 Å². The highest BCUT2D eigenvalue weighted by molar-refractivity contribution is 9.10. The molecule has 16 heavy (non-hydrogen) atoms. The third-order valence-corrected chi connectivity index (χ3v) is 3.31. The van der Waals surface area contributed by atoms with Gasteiger partial charge in [-0.05, 0) is 30.7 Å². The molecule has 1 aromatic rings. The number of ether oxygens (including phenoxy) is 1. The van der Waals surface area contributed by atoms with Gasteiger partial charge in [0.2, 0.25) is 5.91 Å². The Morgan fingerprint density at radius 3 is 2.75 bits per heavy atom. The summed E-state index contributed by atoms with van der Waals surface area (Å²) in [6.07, 6.45) is 0.405. The Labute approximate surface area is 105 Å². The molecule has 3 nitrogen and oxygen atoms in total. The van der Waals surface area contributed by atoms with Crippen molar-refractivity contribution in [1.82, 2.24) is 0 Å². The number of rotatable bonds is 4. The number of amides is 1. The van der Waals surface area contributed by atoms with E-state index in [-0.39, 0.29) is 5.91 Å². The zero-order valence-corrected chi connectivity index (χ0v) is 11.4. The Bertz CT molecular complexity index is 379. The van der Waals surface area contributed by atoms with Crippen molar-refractivity contribution in [2.24, 2.45) is 0 Å². The lowest BCUT2D eigenvalue weighted by Gasteiger charge is -2.18. The normalized spacial score (nSPS) is 10.2. The number of anilines is 1. The van der Waals surface area contributed by atoms with E-state index < -0.39 is 0 Å². The van der Waals surface area contributed by atoms with Gasteiger partial charge in [-0.15, -0.1) is 0 Å². The average molecular weight is 286 g/mol. The van der Waals surface area contributed by atoms with Crippen LogP contribution in [-0.2, 0) is 9.53 Å². The molecule has 0 saturated carbocycles. The maximum absolute atomic E-state index is 11.7. The quantitative estimate of drug-likeness (QED) is 0.851. The Hall–Kier alpha value is -0.870. The smallest absolute Gasteiger partial charge is 0.229 e. The first-order chi connectivity index (χ1) is 7.56. The summed E-state index contributed by atoms with van der Waals surface area (Å²) in [6, 6.07) is 5.85. The van der Waals surface area contributed by atoms with Crippen LogP contribution in [0.3, 0.4) is 0 Å². The third kappa shape index (κ3) is 3.32. The van der Waals surface area contributed by atoms with E-state index in [0.29, 0.717) is 13.0 Å². The molecule has 0 N–H and O–H groups in total. The summed E-state index contributed by atoms with van der Waals surface area (Å²) in [5.41, 5.74) is 2.02. The van der Waals surface area contributed by atoms with Crippen LogP contribution in [0.5, 0.6) is 0 Å². The van der Waals surface area contributed by atoms with Crippen LogP contribution in [0.1, 0.15) is 12.0 Å². The first-order valence-corrected chi connectivity index (χ1v) is 5.87. The van der Waals surface area contributed by atoms with Crippen LogP contribution in [0.2, 0.25) is 0 Å². The Morgan fingerprint density at radius 2 is 2.19 bits per heavy atom. The van der Waals surface area contributed by atoms with E-state index in [9.17, 15) is 4.79 Å². The Balaban J connectivity index is 2.75. The lowest BCUT2D eigenvalue weighted by atomic mass is 10.2. The van der Waals surface area contributed by atoms with E-state index in [4.69, 9.17) is 4.74 Å². The van der Waals surface area contributed by atoms with Crippen molar-refractivity contribution in [3.05, 3.63) is 28.2 Å². The molecule has 0 aromatic heterocycles. The van der Waals surface area contributed by atoms with Gasteiger partial charge in [0.05, 0.1) is 13.0 Å². The van der Waals surface area contributed by atoms with Gasteiger partial charge in [0, 0.05) is 24.3 Å². The predicted molar refractivity (Wildman–Crippen MR) is 68.8 cm³/mol. The summed E-state index contributed by atoms with van der Waals surface area (Å²) >= 11 is 3.43. The van der Waals surface area contributed by atoms with Gasteiger partial charge < -0.3 is 9.64 Å². The molecule has 1 aromatic carbocycles. The minimum Gasteiger partial charge on any atom is -0.384 e. The molecule has 1 rings (SSSR count). The van der Waals surface area contributed by atoms with Gasteiger partial charge in [0.15, 0.2) is 0 Å². The molecular weight excluding hydrogens is 270 g/mol. The first kappa shape index (κ1) is 13.2. The first-order valence-electron chi connectivity index (χ1n) is 5.08. The van der Waals surface area contributed by atoms with Crippen molar-refractivity contribution in [1.29, 1.82) is 0 Å². The molecule has 0 aliphatic rings. The SMILES string of the molecule is COCCC(=O)N(C)c1ccc(Br)c(C)c1. The standard InChI is InChI=1S/C12H16BrNO2/c1-9-8-10(4-5-11(9)13)14(2)12(15)6-7-16-3/h4-5,8H,6-7H2,1-3H3. The fourth-order valence-corrected chi connectivity index (χ4v) is 1.59. The van der Waals surface area contributed by atoms with Crippen molar-refractivity contribution in [2.75, 3.05) is 25.7 Å². The van der Waals surface area contributed by atoms with E-state index in [0.717, 1.165) is 15.7 Å². The number of benzene rings is 1. The molecule has 4 heteroatoms. The molecule has 0 saturated heterocycles. The second-order valence-corrected chi connectivity index (χ2v) is 4.48. The van der Waals surface area contributed by atoms with Crippen LogP contribution in [-0.4, -0.2) is 26.7 Å². The van der Waals surface area contributed by atoms with Crippen molar-refractivity contribution in [3.8, 4) is 0 Å². The van der Waals surface area contributed by atoms with Gasteiger partial charge >= 0.3 is 0 Å². The predicted octanol–water partition coefficient (Wildman–Crippen LogP) is 2.76. The summed E-state index contributed by atoms with van der Waals surface area (Å²) < 4.78 is 5.94. The summed E-state index contributed by atoms with van der Waals surface area (Å²) in [7, 11) is 3.37. The second-order valence-electron chi connectivity index (χ2n) is 3.63. The molecule has 0 heterocycles. The second kappa shape index (κ2) is 6.01. The van der Waals surface area contributed by atoms with Crippen LogP contribution in [0.25, 0.3) is 0 Å². The summed E-state index contributed by atoms with van der Waals surface area (Å²) in [5, 5.41) is 0. The van der Waals surface area contributed by atoms with Crippen LogP contribution in [0.15, 0.2) is 22.7 Å². The van der Waals surface area contributed by atoms with Gasteiger partial charge in [-0.25, -0.2) is 0 Å². The number of methoxy groups -OCH3 is 1. The fraction of sp³-hybridized carbons (Fsp3) is 0.417. The highest BCUT2D eigenvalue weighted by atomic mass is 79.9. The van der Waals surface area contributed by atoms with Gasteiger partial charge in [-0.3, -0.25) is 4.79 Å². The van der Waals surface area contributed by atoms with Gasteiger partial charge in [0.25, 0.3) is 0 Å².